The molecule has 4 rings (SSSR count). The minimum atomic E-state index is -0.308. The molecule has 2 saturated heterocycles. The molecule has 1 aliphatic carbocycles. The fraction of sp³-hybridized carbons (Fsp3) is 0.727. The van der Waals surface area contributed by atoms with Crippen LogP contribution in [0.2, 0.25) is 0 Å². The molecule has 1 unspecified atom stereocenters. The zero-order chi connectivity index (χ0) is 19.2. The van der Waals surface area contributed by atoms with Crippen LogP contribution in [-0.4, -0.2) is 67.3 Å². The van der Waals surface area contributed by atoms with Crippen molar-refractivity contribution in [1.29, 1.82) is 0 Å². The van der Waals surface area contributed by atoms with E-state index in [-0.39, 0.29) is 11.4 Å². The van der Waals surface area contributed by atoms with Gasteiger partial charge in [0.1, 0.15) is 11.4 Å². The number of rotatable bonds is 5. The normalized spacial score (nSPS) is 26.0. The van der Waals surface area contributed by atoms with Crippen LogP contribution in [0.4, 0.5) is 5.82 Å². The van der Waals surface area contributed by atoms with E-state index in [1.807, 2.05) is 18.3 Å². The van der Waals surface area contributed by atoms with Crippen LogP contribution < -0.4 is 10.2 Å². The van der Waals surface area contributed by atoms with Crippen molar-refractivity contribution in [3.8, 4) is 0 Å². The molecule has 1 saturated carbocycles. The highest BCUT2D eigenvalue weighted by molar-refractivity contribution is 5.86. The van der Waals surface area contributed by atoms with Gasteiger partial charge in [0.15, 0.2) is 0 Å². The fourth-order valence-electron chi connectivity index (χ4n) is 5.20. The van der Waals surface area contributed by atoms with Crippen molar-refractivity contribution in [1.82, 2.24) is 15.2 Å². The number of carbonyl (C=O) groups excluding carboxylic acids is 1. The number of carbonyl (C=O) groups is 1. The molecule has 28 heavy (non-hydrogen) atoms. The SMILES string of the molecule is O=C(NCC1CCCN(c2ccccn2)C1)C1(N2CCOCC2)CCCCC1. The van der Waals surface area contributed by atoms with E-state index >= 15 is 0 Å². The van der Waals surface area contributed by atoms with E-state index in [0.29, 0.717) is 5.92 Å². The van der Waals surface area contributed by atoms with Crippen LogP contribution in [0, 0.1) is 5.92 Å². The molecule has 3 heterocycles. The van der Waals surface area contributed by atoms with Gasteiger partial charge in [-0.15, -0.1) is 0 Å². The van der Waals surface area contributed by atoms with E-state index < -0.39 is 0 Å². The number of nitrogens with zero attached hydrogens (tertiary/aromatic N) is 3. The number of morpholine rings is 1. The van der Waals surface area contributed by atoms with Gasteiger partial charge in [-0.2, -0.15) is 0 Å². The van der Waals surface area contributed by atoms with Crippen molar-refractivity contribution in [2.45, 2.75) is 50.5 Å². The van der Waals surface area contributed by atoms with Crippen molar-refractivity contribution < 1.29 is 9.53 Å². The number of nitrogens with one attached hydrogen (secondary N) is 1. The maximum Gasteiger partial charge on any atom is 0.240 e. The number of aromatic nitrogens is 1. The molecule has 1 N–H and O–H groups in total. The Kier molecular flexibility index (Phi) is 6.47. The summed E-state index contributed by atoms with van der Waals surface area (Å²) in [6, 6.07) is 6.08. The Hall–Kier alpha value is -1.66. The van der Waals surface area contributed by atoms with E-state index in [1.165, 1.54) is 12.8 Å². The zero-order valence-electron chi connectivity index (χ0n) is 16.9. The Morgan fingerprint density at radius 3 is 2.71 bits per heavy atom. The quantitative estimate of drug-likeness (QED) is 0.842. The van der Waals surface area contributed by atoms with Gasteiger partial charge < -0.3 is 15.0 Å². The third kappa shape index (κ3) is 4.33. The number of pyridine rings is 1. The molecule has 3 aliphatic rings. The maximum atomic E-state index is 13.4. The minimum Gasteiger partial charge on any atom is -0.379 e. The Labute approximate surface area is 168 Å². The fourth-order valence-corrected chi connectivity index (χ4v) is 5.20. The van der Waals surface area contributed by atoms with E-state index in [9.17, 15) is 4.79 Å². The summed E-state index contributed by atoms with van der Waals surface area (Å²) in [6.45, 7) is 6.05. The van der Waals surface area contributed by atoms with Gasteiger partial charge in [0.25, 0.3) is 0 Å². The zero-order valence-corrected chi connectivity index (χ0v) is 16.9. The Morgan fingerprint density at radius 2 is 1.96 bits per heavy atom. The highest BCUT2D eigenvalue weighted by atomic mass is 16.5. The van der Waals surface area contributed by atoms with Crippen molar-refractivity contribution in [2.24, 2.45) is 5.92 Å². The van der Waals surface area contributed by atoms with Crippen LogP contribution in [0.1, 0.15) is 44.9 Å². The average Bonchev–Trinajstić information content (AvgIpc) is 2.79. The lowest BCUT2D eigenvalue weighted by Crippen LogP contribution is -2.62. The third-order valence-corrected chi connectivity index (χ3v) is 6.76. The molecule has 1 amide bonds. The Balaban J connectivity index is 1.36. The van der Waals surface area contributed by atoms with Crippen molar-refractivity contribution in [3.05, 3.63) is 24.4 Å². The summed E-state index contributed by atoms with van der Waals surface area (Å²) in [5.74, 6) is 1.80. The molecular weight excluding hydrogens is 352 g/mol. The predicted octanol–water partition coefficient (Wildman–Crippen LogP) is 2.45. The largest absolute Gasteiger partial charge is 0.379 e. The number of anilines is 1. The van der Waals surface area contributed by atoms with Crippen molar-refractivity contribution in [2.75, 3.05) is 50.8 Å². The average molecular weight is 387 g/mol. The Bertz CT molecular complexity index is 627. The number of hydrogen-bond donors (Lipinski definition) is 1. The number of amides is 1. The molecule has 3 fully saturated rings. The van der Waals surface area contributed by atoms with Crippen molar-refractivity contribution in [3.63, 3.8) is 0 Å². The van der Waals surface area contributed by atoms with E-state index in [4.69, 9.17) is 4.74 Å². The number of ether oxygens (including phenoxy) is 1. The summed E-state index contributed by atoms with van der Waals surface area (Å²) in [4.78, 5) is 22.7. The van der Waals surface area contributed by atoms with Gasteiger partial charge in [-0.05, 0) is 43.7 Å². The molecule has 1 atom stereocenters. The van der Waals surface area contributed by atoms with Crippen LogP contribution in [-0.2, 0) is 9.53 Å². The number of hydrogen-bond acceptors (Lipinski definition) is 5. The van der Waals surface area contributed by atoms with Gasteiger partial charge in [0, 0.05) is 38.9 Å². The summed E-state index contributed by atoms with van der Waals surface area (Å²) >= 11 is 0. The van der Waals surface area contributed by atoms with Gasteiger partial charge in [-0.25, -0.2) is 4.98 Å². The van der Waals surface area contributed by atoms with Crippen LogP contribution in [0.15, 0.2) is 24.4 Å². The second-order valence-corrected chi connectivity index (χ2v) is 8.54. The lowest BCUT2D eigenvalue weighted by atomic mass is 9.79. The van der Waals surface area contributed by atoms with E-state index in [2.05, 4.69) is 26.2 Å². The second-order valence-electron chi connectivity index (χ2n) is 8.54. The molecule has 0 radical (unpaired) electrons. The summed E-state index contributed by atoms with van der Waals surface area (Å²) in [5, 5.41) is 3.36. The minimum absolute atomic E-state index is 0.254. The monoisotopic (exact) mass is 386 g/mol. The Morgan fingerprint density at radius 1 is 1.14 bits per heavy atom. The molecule has 1 aromatic rings. The first-order valence-corrected chi connectivity index (χ1v) is 11.0. The van der Waals surface area contributed by atoms with Crippen LogP contribution in [0.3, 0.4) is 0 Å². The highest BCUT2D eigenvalue weighted by Crippen LogP contribution is 2.34. The van der Waals surface area contributed by atoms with Crippen molar-refractivity contribution >= 4 is 11.7 Å². The predicted molar refractivity (Wildman–Crippen MR) is 110 cm³/mol. The van der Waals surface area contributed by atoms with Crippen LogP contribution >= 0.6 is 0 Å². The van der Waals surface area contributed by atoms with E-state index in [0.717, 1.165) is 83.9 Å². The van der Waals surface area contributed by atoms with Gasteiger partial charge in [0.05, 0.1) is 13.2 Å². The standard InChI is InChI=1S/C22H34N4O2/c27-21(22(9-3-1-4-10-22)26-13-15-28-16-14-26)24-17-19-7-6-12-25(18-19)20-8-2-5-11-23-20/h2,5,8,11,19H,1,3-4,6-7,9-10,12-18H2,(H,24,27). The lowest BCUT2D eigenvalue weighted by Gasteiger charge is -2.46. The topological polar surface area (TPSA) is 57.7 Å². The summed E-state index contributed by atoms with van der Waals surface area (Å²) in [5.41, 5.74) is -0.308. The first-order chi connectivity index (χ1) is 13.8. The molecular formula is C22H34N4O2. The van der Waals surface area contributed by atoms with Gasteiger partial charge in [-0.1, -0.05) is 25.3 Å². The summed E-state index contributed by atoms with van der Waals surface area (Å²) in [7, 11) is 0. The molecule has 154 valence electrons. The maximum absolute atomic E-state index is 13.4. The summed E-state index contributed by atoms with van der Waals surface area (Å²) in [6.07, 6.45) is 9.73. The van der Waals surface area contributed by atoms with Crippen LogP contribution in [0.5, 0.6) is 0 Å². The first kappa shape index (κ1) is 19.6. The van der Waals surface area contributed by atoms with E-state index in [1.54, 1.807) is 0 Å². The second kappa shape index (κ2) is 9.23. The number of piperidine rings is 1. The van der Waals surface area contributed by atoms with Crippen LogP contribution in [0.25, 0.3) is 0 Å². The molecule has 0 aromatic carbocycles. The molecule has 2 aliphatic heterocycles. The lowest BCUT2D eigenvalue weighted by molar-refractivity contribution is -0.140. The smallest absolute Gasteiger partial charge is 0.240 e. The molecule has 6 heteroatoms. The third-order valence-electron chi connectivity index (χ3n) is 6.76. The molecule has 1 aromatic heterocycles. The molecule has 0 bridgehead atoms. The highest BCUT2D eigenvalue weighted by Gasteiger charge is 2.45. The first-order valence-electron chi connectivity index (χ1n) is 11.0. The molecule has 6 nitrogen and oxygen atoms in total. The van der Waals surface area contributed by atoms with Gasteiger partial charge in [-0.3, -0.25) is 9.69 Å². The van der Waals surface area contributed by atoms with Gasteiger partial charge >= 0.3 is 0 Å². The summed E-state index contributed by atoms with van der Waals surface area (Å²) < 4.78 is 5.54. The molecule has 0 spiro atoms. The van der Waals surface area contributed by atoms with Gasteiger partial charge in [0.2, 0.25) is 5.91 Å².